The number of thioether (sulfide) groups is 1. The average molecular weight is 366 g/mol. The summed E-state index contributed by atoms with van der Waals surface area (Å²) in [6.07, 6.45) is 1.48. The zero-order valence-electron chi connectivity index (χ0n) is 16.3. The number of carboxylic acids is 1. The number of carbonyl (C=O) groups excluding carboxylic acids is 1. The van der Waals surface area contributed by atoms with Crippen molar-refractivity contribution in [3.63, 3.8) is 0 Å². The predicted octanol–water partition coefficient (Wildman–Crippen LogP) is 4.81. The number of aryl methyl sites for hydroxylation is 2. The molecule has 0 saturated carbocycles. The highest BCUT2D eigenvalue weighted by Gasteiger charge is 2.32. The number of hydrogen-bond donors (Lipinski definition) is 1. The fourth-order valence-electron chi connectivity index (χ4n) is 2.81. The molecule has 1 rings (SSSR count). The van der Waals surface area contributed by atoms with E-state index in [0.717, 1.165) is 16.8 Å². The van der Waals surface area contributed by atoms with E-state index in [4.69, 9.17) is 0 Å². The van der Waals surface area contributed by atoms with Gasteiger partial charge in [0.25, 0.3) is 0 Å². The first-order valence-corrected chi connectivity index (χ1v) is 9.82. The van der Waals surface area contributed by atoms with Crippen molar-refractivity contribution in [2.75, 3.05) is 10.7 Å². The van der Waals surface area contributed by atoms with Crippen LogP contribution in [0.25, 0.3) is 0 Å². The van der Waals surface area contributed by atoms with E-state index in [1.165, 1.54) is 4.90 Å². The summed E-state index contributed by atoms with van der Waals surface area (Å²) in [6, 6.07) is 4.95. The number of benzene rings is 1. The van der Waals surface area contributed by atoms with E-state index in [-0.39, 0.29) is 10.7 Å². The smallest absolute Gasteiger partial charge is 0.326 e. The third-order valence-corrected chi connectivity index (χ3v) is 5.24. The summed E-state index contributed by atoms with van der Waals surface area (Å²) in [5.41, 5.74) is 2.60. The molecule has 140 valence electrons. The lowest BCUT2D eigenvalue weighted by Gasteiger charge is -2.32. The lowest BCUT2D eigenvalue weighted by Crippen LogP contribution is -2.46. The summed E-state index contributed by atoms with van der Waals surface area (Å²) in [4.78, 5) is 26.3. The molecule has 1 aromatic carbocycles. The van der Waals surface area contributed by atoms with Crippen LogP contribution in [-0.4, -0.2) is 33.5 Å². The molecule has 0 aliphatic heterocycles. The van der Waals surface area contributed by atoms with Crippen molar-refractivity contribution in [3.05, 3.63) is 29.3 Å². The summed E-state index contributed by atoms with van der Waals surface area (Å²) in [7, 11) is 0. The van der Waals surface area contributed by atoms with E-state index in [2.05, 4.69) is 20.8 Å². The Morgan fingerprint density at radius 3 is 2.20 bits per heavy atom. The quantitative estimate of drug-likeness (QED) is 0.718. The molecule has 5 heteroatoms. The molecule has 1 amide bonds. The molecule has 0 bridgehead atoms. The third-order valence-electron chi connectivity index (χ3n) is 3.94. The minimum absolute atomic E-state index is 0.0693. The third kappa shape index (κ3) is 6.38. The lowest BCUT2D eigenvalue weighted by molar-refractivity contribution is -0.140. The van der Waals surface area contributed by atoms with Crippen LogP contribution in [0.2, 0.25) is 0 Å². The van der Waals surface area contributed by atoms with Gasteiger partial charge in [0, 0.05) is 11.2 Å². The zero-order chi connectivity index (χ0) is 19.2. The highest BCUT2D eigenvalue weighted by Crippen LogP contribution is 2.30. The minimum atomic E-state index is -0.943. The van der Waals surface area contributed by atoms with Crippen LogP contribution >= 0.6 is 11.8 Å². The number of carboxylic acid groups (broad SMARTS) is 1. The molecule has 0 fully saturated rings. The first-order valence-electron chi connectivity index (χ1n) is 8.83. The molecule has 0 heterocycles. The fourth-order valence-corrected chi connectivity index (χ4v) is 3.77. The highest BCUT2D eigenvalue weighted by atomic mass is 32.2. The van der Waals surface area contributed by atoms with Gasteiger partial charge in [0.15, 0.2) is 0 Å². The molecule has 25 heavy (non-hydrogen) atoms. The van der Waals surface area contributed by atoms with Gasteiger partial charge in [-0.2, -0.15) is 11.8 Å². The summed E-state index contributed by atoms with van der Waals surface area (Å²) in [5, 5.41) is 9.83. The Morgan fingerprint density at radius 1 is 1.20 bits per heavy atom. The SMILES string of the molecule is CCCC(=O)N(c1c(C)cccc1C)C(CCSC(C)(C)C)C(=O)O. The Morgan fingerprint density at radius 2 is 1.76 bits per heavy atom. The summed E-state index contributed by atoms with van der Waals surface area (Å²) in [6.45, 7) is 12.1. The van der Waals surface area contributed by atoms with Crippen LogP contribution in [0.15, 0.2) is 18.2 Å². The minimum Gasteiger partial charge on any atom is -0.480 e. The molecular formula is C20H31NO3S. The van der Waals surface area contributed by atoms with Crippen molar-refractivity contribution in [1.82, 2.24) is 0 Å². The highest BCUT2D eigenvalue weighted by molar-refractivity contribution is 8.00. The number of hydrogen-bond acceptors (Lipinski definition) is 3. The molecule has 0 saturated heterocycles. The number of para-hydroxylation sites is 1. The summed E-state index contributed by atoms with van der Waals surface area (Å²) in [5.74, 6) is -0.365. The second-order valence-electron chi connectivity index (χ2n) is 7.36. The molecule has 1 unspecified atom stereocenters. The van der Waals surface area contributed by atoms with Crippen molar-refractivity contribution in [2.24, 2.45) is 0 Å². The standard InChI is InChI=1S/C20H31NO3S/c1-7-9-17(22)21(18-14(2)10-8-11-15(18)3)16(19(23)24)12-13-25-20(4,5)6/h8,10-11,16H,7,9,12-13H2,1-6H3,(H,23,24). The molecule has 1 aromatic rings. The normalized spacial score (nSPS) is 12.7. The Kier molecular flexibility index (Phi) is 8.00. The van der Waals surface area contributed by atoms with Crippen LogP contribution in [0.4, 0.5) is 5.69 Å². The van der Waals surface area contributed by atoms with Crippen LogP contribution in [0, 0.1) is 13.8 Å². The number of aliphatic carboxylic acids is 1. The Hall–Kier alpha value is -1.49. The molecule has 0 spiro atoms. The second-order valence-corrected chi connectivity index (χ2v) is 9.28. The van der Waals surface area contributed by atoms with Gasteiger partial charge in [-0.1, -0.05) is 45.9 Å². The van der Waals surface area contributed by atoms with Crippen LogP contribution in [-0.2, 0) is 9.59 Å². The number of rotatable bonds is 8. The number of amides is 1. The largest absolute Gasteiger partial charge is 0.480 e. The number of anilines is 1. The maximum atomic E-state index is 12.8. The molecule has 0 aromatic heterocycles. The van der Waals surface area contributed by atoms with E-state index in [1.807, 2.05) is 39.0 Å². The first-order chi connectivity index (χ1) is 11.6. The maximum absolute atomic E-state index is 12.8. The second kappa shape index (κ2) is 9.27. The number of carbonyl (C=O) groups is 2. The Labute approximate surface area is 156 Å². The van der Waals surface area contributed by atoms with Crippen molar-refractivity contribution >= 4 is 29.3 Å². The van der Waals surface area contributed by atoms with Crippen molar-refractivity contribution in [2.45, 2.75) is 71.6 Å². The zero-order valence-corrected chi connectivity index (χ0v) is 17.1. The van der Waals surface area contributed by atoms with Gasteiger partial charge in [0.1, 0.15) is 6.04 Å². The van der Waals surface area contributed by atoms with Crippen molar-refractivity contribution in [3.8, 4) is 0 Å². The Bertz CT molecular complexity index is 587. The van der Waals surface area contributed by atoms with Gasteiger partial charge >= 0.3 is 5.97 Å². The van der Waals surface area contributed by atoms with Gasteiger partial charge < -0.3 is 5.11 Å². The van der Waals surface area contributed by atoms with E-state index < -0.39 is 12.0 Å². The van der Waals surface area contributed by atoms with Gasteiger partial charge in [0.05, 0.1) is 5.69 Å². The monoisotopic (exact) mass is 365 g/mol. The van der Waals surface area contributed by atoms with Crippen LogP contribution in [0.5, 0.6) is 0 Å². The summed E-state index contributed by atoms with van der Waals surface area (Å²) < 4.78 is 0.0693. The van der Waals surface area contributed by atoms with Crippen LogP contribution in [0.1, 0.15) is 58.1 Å². The van der Waals surface area contributed by atoms with E-state index in [1.54, 1.807) is 11.8 Å². The molecule has 0 radical (unpaired) electrons. The molecule has 1 atom stereocenters. The van der Waals surface area contributed by atoms with Gasteiger partial charge in [-0.15, -0.1) is 0 Å². The predicted molar refractivity (Wildman–Crippen MR) is 107 cm³/mol. The van der Waals surface area contributed by atoms with Gasteiger partial charge in [-0.3, -0.25) is 9.69 Å². The van der Waals surface area contributed by atoms with Crippen LogP contribution < -0.4 is 4.90 Å². The van der Waals surface area contributed by atoms with Crippen molar-refractivity contribution < 1.29 is 14.7 Å². The lowest BCUT2D eigenvalue weighted by atomic mass is 10.0. The molecule has 4 nitrogen and oxygen atoms in total. The van der Waals surface area contributed by atoms with Crippen LogP contribution in [0.3, 0.4) is 0 Å². The molecule has 0 aliphatic rings. The fraction of sp³-hybridized carbons (Fsp3) is 0.600. The van der Waals surface area contributed by atoms with E-state index in [9.17, 15) is 14.7 Å². The average Bonchev–Trinajstić information content (AvgIpc) is 2.47. The number of nitrogens with zero attached hydrogens (tertiary/aromatic N) is 1. The van der Waals surface area contributed by atoms with Crippen molar-refractivity contribution in [1.29, 1.82) is 0 Å². The van der Waals surface area contributed by atoms with E-state index >= 15 is 0 Å². The van der Waals surface area contributed by atoms with Gasteiger partial charge in [-0.25, -0.2) is 4.79 Å². The van der Waals surface area contributed by atoms with E-state index in [0.29, 0.717) is 25.0 Å². The van der Waals surface area contributed by atoms with Gasteiger partial charge in [-0.05, 0) is 43.6 Å². The molecule has 1 N–H and O–H groups in total. The maximum Gasteiger partial charge on any atom is 0.326 e. The van der Waals surface area contributed by atoms with Gasteiger partial charge in [0.2, 0.25) is 5.91 Å². The topological polar surface area (TPSA) is 57.6 Å². The summed E-state index contributed by atoms with van der Waals surface area (Å²) >= 11 is 1.72. The first kappa shape index (κ1) is 21.6. The molecule has 0 aliphatic carbocycles. The Balaban J connectivity index is 3.22. The molecular weight excluding hydrogens is 334 g/mol.